The molecule has 0 heterocycles. The number of aryl methyl sites for hydroxylation is 1. The molecule has 1 unspecified atom stereocenters. The van der Waals surface area contributed by atoms with Crippen molar-refractivity contribution in [1.82, 2.24) is 0 Å². The lowest BCUT2D eigenvalue weighted by Gasteiger charge is -2.27. The second-order valence-electron chi connectivity index (χ2n) is 6.08. The molecule has 3 nitrogen and oxygen atoms in total. The summed E-state index contributed by atoms with van der Waals surface area (Å²) >= 11 is 0. The molecule has 1 aromatic carbocycles. The van der Waals surface area contributed by atoms with Gasteiger partial charge < -0.3 is 16.8 Å². The van der Waals surface area contributed by atoms with Crippen LogP contribution in [0.15, 0.2) is 18.2 Å². The quantitative estimate of drug-likeness (QED) is 0.620. The Labute approximate surface area is 136 Å². The van der Waals surface area contributed by atoms with Gasteiger partial charge in [-0.25, -0.2) is 0 Å². The van der Waals surface area contributed by atoms with E-state index in [1.54, 1.807) is 0 Å². The van der Waals surface area contributed by atoms with E-state index in [1.807, 2.05) is 19.1 Å². The first-order valence-electron chi connectivity index (χ1n) is 7.81. The molecule has 0 bridgehead atoms. The van der Waals surface area contributed by atoms with Crippen LogP contribution in [0.1, 0.15) is 58.4 Å². The Morgan fingerprint density at radius 3 is 2.38 bits per heavy atom. The third-order valence-electron chi connectivity index (χ3n) is 4.40. The number of rotatable bonds is 8. The van der Waals surface area contributed by atoms with Gasteiger partial charge in [-0.3, -0.25) is 0 Å². The summed E-state index contributed by atoms with van der Waals surface area (Å²) in [6.07, 6.45) is 5.53. The predicted molar refractivity (Wildman–Crippen MR) is 97.3 cm³/mol. The molecule has 21 heavy (non-hydrogen) atoms. The summed E-state index contributed by atoms with van der Waals surface area (Å²) in [7, 11) is 0. The van der Waals surface area contributed by atoms with Gasteiger partial charge in [0, 0.05) is 23.0 Å². The molecule has 122 valence electrons. The summed E-state index contributed by atoms with van der Waals surface area (Å²) in [6, 6.07) is 6.57. The van der Waals surface area contributed by atoms with Crippen LogP contribution in [0.2, 0.25) is 0 Å². The standard InChI is InChI=1S/C17H31N3.ClH/c1-5-17(19,6-2)11-7-8-14(4)20-15-9-10-16(18)13(3)12-15;/h9-10,12,14,20H,5-8,11,18-19H2,1-4H3;1H. The van der Waals surface area contributed by atoms with Crippen molar-refractivity contribution in [3.05, 3.63) is 23.8 Å². The molecule has 1 rings (SSSR count). The van der Waals surface area contributed by atoms with E-state index < -0.39 is 0 Å². The van der Waals surface area contributed by atoms with E-state index >= 15 is 0 Å². The maximum absolute atomic E-state index is 6.34. The zero-order valence-corrected chi connectivity index (χ0v) is 14.7. The Kier molecular flexibility index (Phi) is 8.76. The molecule has 0 aliphatic heterocycles. The highest BCUT2D eigenvalue weighted by atomic mass is 35.5. The Balaban J connectivity index is 0.00000400. The van der Waals surface area contributed by atoms with Crippen molar-refractivity contribution in [3.8, 4) is 0 Å². The molecule has 0 saturated heterocycles. The molecule has 5 N–H and O–H groups in total. The highest BCUT2D eigenvalue weighted by molar-refractivity contribution is 5.85. The van der Waals surface area contributed by atoms with Gasteiger partial charge in [0.15, 0.2) is 0 Å². The van der Waals surface area contributed by atoms with Gasteiger partial charge in [-0.2, -0.15) is 0 Å². The summed E-state index contributed by atoms with van der Waals surface area (Å²) in [5, 5.41) is 3.54. The van der Waals surface area contributed by atoms with E-state index in [0.717, 1.165) is 42.6 Å². The lowest BCUT2D eigenvalue weighted by Crippen LogP contribution is -2.38. The van der Waals surface area contributed by atoms with E-state index in [0.29, 0.717) is 6.04 Å². The molecule has 0 spiro atoms. The van der Waals surface area contributed by atoms with Crippen LogP contribution >= 0.6 is 12.4 Å². The van der Waals surface area contributed by atoms with Crippen LogP contribution in [0.3, 0.4) is 0 Å². The first-order chi connectivity index (χ1) is 9.40. The molecular formula is C17H32ClN3. The summed E-state index contributed by atoms with van der Waals surface area (Å²) in [6.45, 7) is 8.63. The van der Waals surface area contributed by atoms with Gasteiger partial charge in [-0.05, 0) is 69.7 Å². The Bertz CT molecular complexity index is 416. The van der Waals surface area contributed by atoms with E-state index in [2.05, 4.69) is 32.2 Å². The monoisotopic (exact) mass is 313 g/mol. The van der Waals surface area contributed by atoms with Crippen molar-refractivity contribution in [1.29, 1.82) is 0 Å². The molecule has 0 radical (unpaired) electrons. The predicted octanol–water partition coefficient (Wildman–Crippen LogP) is 4.49. The molecule has 0 aromatic heterocycles. The number of nitrogens with one attached hydrogen (secondary N) is 1. The van der Waals surface area contributed by atoms with Gasteiger partial charge in [-0.1, -0.05) is 13.8 Å². The Morgan fingerprint density at radius 2 is 1.86 bits per heavy atom. The van der Waals surface area contributed by atoms with Crippen molar-refractivity contribution in [2.75, 3.05) is 11.1 Å². The molecule has 0 fully saturated rings. The number of halogens is 1. The van der Waals surface area contributed by atoms with Crippen LogP contribution in [-0.4, -0.2) is 11.6 Å². The van der Waals surface area contributed by atoms with Crippen LogP contribution in [-0.2, 0) is 0 Å². The average molecular weight is 314 g/mol. The lowest BCUT2D eigenvalue weighted by atomic mass is 9.88. The SMILES string of the molecule is CCC(N)(CC)CCCC(C)Nc1ccc(N)c(C)c1.Cl. The van der Waals surface area contributed by atoms with Crippen LogP contribution in [0, 0.1) is 6.92 Å². The number of nitrogen functional groups attached to an aromatic ring is 1. The number of hydrogen-bond donors (Lipinski definition) is 3. The lowest BCUT2D eigenvalue weighted by molar-refractivity contribution is 0.350. The molecule has 0 aliphatic carbocycles. The van der Waals surface area contributed by atoms with Gasteiger partial charge >= 0.3 is 0 Å². The van der Waals surface area contributed by atoms with Gasteiger partial charge in [0.25, 0.3) is 0 Å². The molecule has 1 atom stereocenters. The second-order valence-corrected chi connectivity index (χ2v) is 6.08. The fourth-order valence-corrected chi connectivity index (χ4v) is 2.49. The number of anilines is 2. The molecule has 0 amide bonds. The topological polar surface area (TPSA) is 64.1 Å². The minimum Gasteiger partial charge on any atom is -0.399 e. The van der Waals surface area contributed by atoms with Crippen molar-refractivity contribution in [3.63, 3.8) is 0 Å². The van der Waals surface area contributed by atoms with Crippen LogP contribution in [0.4, 0.5) is 11.4 Å². The first-order valence-corrected chi connectivity index (χ1v) is 7.81. The van der Waals surface area contributed by atoms with Crippen LogP contribution < -0.4 is 16.8 Å². The zero-order chi connectivity index (χ0) is 15.2. The molecule has 0 saturated carbocycles. The molecule has 0 aliphatic rings. The average Bonchev–Trinajstić information content (AvgIpc) is 2.42. The third-order valence-corrected chi connectivity index (χ3v) is 4.40. The number of nitrogens with two attached hydrogens (primary N) is 2. The van der Waals surface area contributed by atoms with Gasteiger partial charge in [0.05, 0.1) is 0 Å². The molecule has 4 heteroatoms. The fraction of sp³-hybridized carbons (Fsp3) is 0.647. The second kappa shape index (κ2) is 9.16. The van der Waals surface area contributed by atoms with E-state index in [-0.39, 0.29) is 17.9 Å². The summed E-state index contributed by atoms with van der Waals surface area (Å²) in [5.41, 5.74) is 15.3. The van der Waals surface area contributed by atoms with Crippen LogP contribution in [0.25, 0.3) is 0 Å². The van der Waals surface area contributed by atoms with Crippen molar-refractivity contribution < 1.29 is 0 Å². The summed E-state index contributed by atoms with van der Waals surface area (Å²) < 4.78 is 0. The summed E-state index contributed by atoms with van der Waals surface area (Å²) in [5.74, 6) is 0. The summed E-state index contributed by atoms with van der Waals surface area (Å²) in [4.78, 5) is 0. The van der Waals surface area contributed by atoms with Gasteiger partial charge in [-0.15, -0.1) is 12.4 Å². The Hall–Kier alpha value is -0.930. The third kappa shape index (κ3) is 6.58. The largest absolute Gasteiger partial charge is 0.399 e. The van der Waals surface area contributed by atoms with E-state index in [4.69, 9.17) is 11.5 Å². The van der Waals surface area contributed by atoms with Gasteiger partial charge in [0.2, 0.25) is 0 Å². The minimum atomic E-state index is 0. The zero-order valence-electron chi connectivity index (χ0n) is 13.9. The smallest absolute Gasteiger partial charge is 0.0346 e. The van der Waals surface area contributed by atoms with E-state index in [1.165, 1.54) is 6.42 Å². The minimum absolute atomic E-state index is 0. The maximum atomic E-state index is 6.34. The van der Waals surface area contributed by atoms with Crippen molar-refractivity contribution in [2.24, 2.45) is 5.73 Å². The van der Waals surface area contributed by atoms with Gasteiger partial charge in [0.1, 0.15) is 0 Å². The maximum Gasteiger partial charge on any atom is 0.0346 e. The molecule has 1 aromatic rings. The molecular weight excluding hydrogens is 282 g/mol. The highest BCUT2D eigenvalue weighted by Crippen LogP contribution is 2.21. The van der Waals surface area contributed by atoms with E-state index in [9.17, 15) is 0 Å². The fourth-order valence-electron chi connectivity index (χ4n) is 2.49. The highest BCUT2D eigenvalue weighted by Gasteiger charge is 2.19. The van der Waals surface area contributed by atoms with Crippen molar-refractivity contribution in [2.45, 2.75) is 71.4 Å². The number of hydrogen-bond acceptors (Lipinski definition) is 3. The first kappa shape index (κ1) is 20.1. The Morgan fingerprint density at radius 1 is 1.24 bits per heavy atom. The normalized spacial score (nSPS) is 12.6. The number of benzene rings is 1. The van der Waals surface area contributed by atoms with Crippen molar-refractivity contribution >= 4 is 23.8 Å². The van der Waals surface area contributed by atoms with Crippen LogP contribution in [0.5, 0.6) is 0 Å².